The van der Waals surface area contributed by atoms with Crippen molar-refractivity contribution in [1.29, 1.82) is 0 Å². The molecule has 0 fully saturated rings. The fourth-order valence-corrected chi connectivity index (χ4v) is 5.34. The maximum absolute atomic E-state index is 13.2. The van der Waals surface area contributed by atoms with Crippen molar-refractivity contribution in [2.75, 3.05) is 18.4 Å². The van der Waals surface area contributed by atoms with Crippen molar-refractivity contribution >= 4 is 33.0 Å². The number of amides is 1. The van der Waals surface area contributed by atoms with E-state index in [2.05, 4.69) is 10.6 Å². The van der Waals surface area contributed by atoms with Gasteiger partial charge in [-0.1, -0.05) is 54.1 Å². The molecule has 9 heteroatoms. The first-order chi connectivity index (χ1) is 18.2. The molecule has 0 aliphatic rings. The van der Waals surface area contributed by atoms with Crippen molar-refractivity contribution in [3.63, 3.8) is 0 Å². The zero-order valence-corrected chi connectivity index (χ0v) is 21.9. The van der Waals surface area contributed by atoms with E-state index in [9.17, 15) is 23.4 Å². The van der Waals surface area contributed by atoms with E-state index in [1.54, 1.807) is 60.7 Å². The molecule has 0 heterocycles. The lowest BCUT2D eigenvalue weighted by atomic mass is 10.1. The summed E-state index contributed by atoms with van der Waals surface area (Å²) in [6.45, 7) is 0.940. The van der Waals surface area contributed by atoms with Crippen LogP contribution in [0.5, 0.6) is 5.75 Å². The van der Waals surface area contributed by atoms with Gasteiger partial charge in [0.1, 0.15) is 5.75 Å². The molecule has 1 atom stereocenters. The lowest BCUT2D eigenvalue weighted by Gasteiger charge is -2.13. The smallest absolute Gasteiger partial charge is 0.259 e. The number of rotatable bonds is 10. The summed E-state index contributed by atoms with van der Waals surface area (Å²) in [5.41, 5.74) is 2.03. The highest BCUT2D eigenvalue weighted by Crippen LogP contribution is 2.27. The summed E-state index contributed by atoms with van der Waals surface area (Å²) >= 11 is 5.97. The highest BCUT2D eigenvalue weighted by atomic mass is 35.5. The van der Waals surface area contributed by atoms with Gasteiger partial charge in [0.2, 0.25) is 9.84 Å². The minimum absolute atomic E-state index is 0.0747. The third-order valence-corrected chi connectivity index (χ3v) is 7.95. The van der Waals surface area contributed by atoms with Crippen LogP contribution in [0.15, 0.2) is 107 Å². The SMILES string of the molecule is O=C(Nc1ccccc1)c1cc(S(=O)(=O)c2ccc(CCNC[C@H](O)c3cccc(Cl)c3)cc2)ccc1O. The van der Waals surface area contributed by atoms with Crippen molar-refractivity contribution in [3.05, 3.63) is 119 Å². The number of carbonyl (C=O) groups excluding carboxylic acids is 1. The fraction of sp³-hybridized carbons (Fsp3) is 0.138. The van der Waals surface area contributed by atoms with E-state index in [1.807, 2.05) is 6.07 Å². The van der Waals surface area contributed by atoms with Gasteiger partial charge in [-0.3, -0.25) is 4.79 Å². The number of anilines is 1. The van der Waals surface area contributed by atoms with Crippen molar-refractivity contribution < 1.29 is 23.4 Å². The van der Waals surface area contributed by atoms with E-state index in [0.717, 1.165) is 11.1 Å². The average molecular weight is 551 g/mol. The first-order valence-electron chi connectivity index (χ1n) is 11.9. The van der Waals surface area contributed by atoms with Gasteiger partial charge >= 0.3 is 0 Å². The Balaban J connectivity index is 1.38. The Bertz CT molecular complexity index is 1510. The Morgan fingerprint density at radius 3 is 2.29 bits per heavy atom. The third-order valence-electron chi connectivity index (χ3n) is 5.95. The van der Waals surface area contributed by atoms with E-state index in [1.165, 1.54) is 30.3 Å². The van der Waals surface area contributed by atoms with Crippen LogP contribution >= 0.6 is 11.6 Å². The monoisotopic (exact) mass is 550 g/mol. The summed E-state index contributed by atoms with van der Waals surface area (Å²) in [4.78, 5) is 12.6. The molecule has 0 bridgehead atoms. The van der Waals surface area contributed by atoms with Gasteiger partial charge in [-0.25, -0.2) is 8.42 Å². The number of aromatic hydroxyl groups is 1. The van der Waals surface area contributed by atoms with Crippen molar-refractivity contribution in [2.24, 2.45) is 0 Å². The standard InChI is InChI=1S/C29H27ClN2O5S/c30-22-6-4-5-21(17-22)28(34)19-31-16-15-20-9-11-24(12-10-20)38(36,37)25-13-14-27(33)26(18-25)29(35)32-23-7-2-1-3-8-23/h1-14,17-18,28,31,33-34H,15-16,19H2,(H,32,35)/t28-/m0/s1. The topological polar surface area (TPSA) is 116 Å². The minimum Gasteiger partial charge on any atom is -0.507 e. The van der Waals surface area contributed by atoms with Gasteiger partial charge < -0.3 is 20.8 Å². The summed E-state index contributed by atoms with van der Waals surface area (Å²) in [6, 6.07) is 25.9. The number of phenolic OH excluding ortho intramolecular Hbond substituents is 1. The minimum atomic E-state index is -3.92. The van der Waals surface area contributed by atoms with Crippen LogP contribution in [-0.4, -0.2) is 37.6 Å². The number of para-hydroxylation sites is 1. The zero-order valence-electron chi connectivity index (χ0n) is 20.3. The molecule has 0 saturated carbocycles. The number of sulfone groups is 1. The summed E-state index contributed by atoms with van der Waals surface area (Å²) in [5.74, 6) is -0.935. The van der Waals surface area contributed by atoms with E-state index in [-0.39, 0.29) is 21.1 Å². The molecule has 0 radical (unpaired) electrons. The molecule has 196 valence electrons. The van der Waals surface area contributed by atoms with Gasteiger partial charge in [0, 0.05) is 17.3 Å². The van der Waals surface area contributed by atoms with Gasteiger partial charge in [-0.05, 0) is 78.7 Å². The van der Waals surface area contributed by atoms with Crippen LogP contribution in [0.3, 0.4) is 0 Å². The van der Waals surface area contributed by atoms with Crippen LogP contribution < -0.4 is 10.6 Å². The number of carbonyl (C=O) groups is 1. The highest BCUT2D eigenvalue weighted by Gasteiger charge is 2.21. The molecule has 4 N–H and O–H groups in total. The summed E-state index contributed by atoms with van der Waals surface area (Å²) in [7, 11) is -3.92. The lowest BCUT2D eigenvalue weighted by molar-refractivity contribution is 0.102. The maximum Gasteiger partial charge on any atom is 0.259 e. The number of nitrogens with one attached hydrogen (secondary N) is 2. The Labute approximate surface area is 226 Å². The quantitative estimate of drug-likeness (QED) is 0.207. The lowest BCUT2D eigenvalue weighted by Crippen LogP contribution is -2.23. The molecule has 4 aromatic rings. The molecule has 0 saturated heterocycles. The molecule has 0 unspecified atom stereocenters. The molecule has 7 nitrogen and oxygen atoms in total. The van der Waals surface area contributed by atoms with Crippen LogP contribution in [0.1, 0.15) is 27.6 Å². The molecular formula is C29H27ClN2O5S. The van der Waals surface area contributed by atoms with Gasteiger partial charge in [0.05, 0.1) is 21.5 Å². The Morgan fingerprint density at radius 2 is 1.58 bits per heavy atom. The molecule has 0 aliphatic heterocycles. The Hall–Kier alpha value is -3.69. The maximum atomic E-state index is 13.2. The normalized spacial score (nSPS) is 12.2. The van der Waals surface area contributed by atoms with Crippen LogP contribution in [0.2, 0.25) is 5.02 Å². The second kappa shape index (κ2) is 12.2. The van der Waals surface area contributed by atoms with Crippen molar-refractivity contribution in [3.8, 4) is 5.75 Å². The number of aliphatic hydroxyl groups excluding tert-OH is 1. The van der Waals surface area contributed by atoms with E-state index >= 15 is 0 Å². The average Bonchev–Trinajstić information content (AvgIpc) is 2.92. The summed E-state index contributed by atoms with van der Waals surface area (Å²) in [5, 5.41) is 26.9. The number of hydrogen-bond donors (Lipinski definition) is 4. The molecule has 0 spiro atoms. The van der Waals surface area contributed by atoms with Gasteiger partial charge in [-0.2, -0.15) is 0 Å². The first-order valence-corrected chi connectivity index (χ1v) is 13.8. The van der Waals surface area contributed by atoms with E-state index in [4.69, 9.17) is 11.6 Å². The molecule has 4 rings (SSSR count). The molecule has 0 aliphatic carbocycles. The number of phenols is 1. The van der Waals surface area contributed by atoms with Gasteiger partial charge in [-0.15, -0.1) is 0 Å². The van der Waals surface area contributed by atoms with E-state index < -0.39 is 21.8 Å². The predicted octanol–water partition coefficient (Wildman–Crippen LogP) is 5.00. The third kappa shape index (κ3) is 6.79. The summed E-state index contributed by atoms with van der Waals surface area (Å²) < 4.78 is 26.4. The second-order valence-corrected chi connectivity index (χ2v) is 11.1. The van der Waals surface area contributed by atoms with Crippen molar-refractivity contribution in [2.45, 2.75) is 22.3 Å². The Kier molecular flexibility index (Phi) is 8.81. The molecular weight excluding hydrogens is 524 g/mol. The molecule has 0 aromatic heterocycles. The first kappa shape index (κ1) is 27.3. The highest BCUT2D eigenvalue weighted by molar-refractivity contribution is 7.91. The second-order valence-electron chi connectivity index (χ2n) is 8.67. The molecule has 1 amide bonds. The number of benzene rings is 4. The summed E-state index contributed by atoms with van der Waals surface area (Å²) in [6.07, 6.45) is -0.0581. The molecule has 38 heavy (non-hydrogen) atoms. The number of halogens is 1. The predicted molar refractivity (Wildman–Crippen MR) is 147 cm³/mol. The van der Waals surface area contributed by atoms with Gasteiger partial charge in [0.25, 0.3) is 5.91 Å². The van der Waals surface area contributed by atoms with E-state index in [0.29, 0.717) is 30.2 Å². The zero-order chi connectivity index (χ0) is 27.1. The van der Waals surface area contributed by atoms with Crippen LogP contribution in [-0.2, 0) is 16.3 Å². The van der Waals surface area contributed by atoms with Crippen LogP contribution in [0, 0.1) is 0 Å². The Morgan fingerprint density at radius 1 is 0.868 bits per heavy atom. The fourth-order valence-electron chi connectivity index (χ4n) is 3.86. The van der Waals surface area contributed by atoms with Crippen LogP contribution in [0.25, 0.3) is 0 Å². The van der Waals surface area contributed by atoms with Crippen LogP contribution in [0.4, 0.5) is 5.69 Å². The van der Waals surface area contributed by atoms with Gasteiger partial charge in [0.15, 0.2) is 0 Å². The number of hydrogen-bond acceptors (Lipinski definition) is 6. The largest absolute Gasteiger partial charge is 0.507 e. The van der Waals surface area contributed by atoms with Crippen molar-refractivity contribution in [1.82, 2.24) is 5.32 Å². The number of aliphatic hydroxyl groups is 1. The molecule has 4 aromatic carbocycles.